The van der Waals surface area contributed by atoms with Crippen LogP contribution >= 0.6 is 0 Å². The minimum atomic E-state index is 0.645. The van der Waals surface area contributed by atoms with Crippen LogP contribution in [0.4, 0.5) is 0 Å². The minimum absolute atomic E-state index is 0.645. The van der Waals surface area contributed by atoms with Crippen LogP contribution < -0.4 is 10.1 Å². The zero-order valence-electron chi connectivity index (χ0n) is 12.5. The Morgan fingerprint density at radius 1 is 1.32 bits per heavy atom. The van der Waals surface area contributed by atoms with Gasteiger partial charge in [0.15, 0.2) is 0 Å². The molecule has 0 heterocycles. The molecular formula is C17H27NO. The molecule has 0 bridgehead atoms. The first-order valence-corrected chi connectivity index (χ1v) is 7.58. The molecule has 1 N–H and O–H groups in total. The van der Waals surface area contributed by atoms with Crippen molar-refractivity contribution in [1.29, 1.82) is 0 Å². The number of benzene rings is 1. The molecule has 2 nitrogen and oxygen atoms in total. The van der Waals surface area contributed by atoms with Gasteiger partial charge >= 0.3 is 0 Å². The molecule has 0 fully saturated rings. The van der Waals surface area contributed by atoms with Crippen molar-refractivity contribution in [2.24, 2.45) is 5.92 Å². The molecule has 0 aliphatic heterocycles. The molecule has 0 saturated carbocycles. The normalized spacial score (nSPS) is 18.4. The fourth-order valence-electron chi connectivity index (χ4n) is 2.85. The second-order valence-corrected chi connectivity index (χ2v) is 6.06. The van der Waals surface area contributed by atoms with Crippen molar-refractivity contribution in [2.45, 2.75) is 52.0 Å². The van der Waals surface area contributed by atoms with Gasteiger partial charge in [-0.3, -0.25) is 0 Å². The molecule has 106 valence electrons. The number of ether oxygens (including phenoxy) is 1. The fourth-order valence-corrected chi connectivity index (χ4v) is 2.85. The van der Waals surface area contributed by atoms with E-state index in [9.17, 15) is 0 Å². The lowest BCUT2D eigenvalue weighted by Gasteiger charge is -2.26. The number of hydrogen-bond donors (Lipinski definition) is 1. The molecule has 2 rings (SSSR count). The summed E-state index contributed by atoms with van der Waals surface area (Å²) in [5.74, 6) is 1.80. The van der Waals surface area contributed by atoms with Gasteiger partial charge in [0.1, 0.15) is 5.75 Å². The number of fused-ring (bicyclic) bond motifs is 1. The van der Waals surface area contributed by atoms with Gasteiger partial charge in [-0.15, -0.1) is 0 Å². The lowest BCUT2D eigenvalue weighted by Crippen LogP contribution is -2.35. The summed E-state index contributed by atoms with van der Waals surface area (Å²) in [6.07, 6.45) is 6.22. The highest BCUT2D eigenvalue weighted by Crippen LogP contribution is 2.25. The average molecular weight is 261 g/mol. The van der Waals surface area contributed by atoms with Crippen LogP contribution in [0.25, 0.3) is 0 Å². The van der Waals surface area contributed by atoms with E-state index in [0.29, 0.717) is 6.04 Å². The van der Waals surface area contributed by atoms with Gasteiger partial charge in [0.25, 0.3) is 0 Å². The van der Waals surface area contributed by atoms with E-state index in [1.165, 1.54) is 36.8 Å². The zero-order chi connectivity index (χ0) is 13.7. The van der Waals surface area contributed by atoms with Crippen molar-refractivity contribution in [1.82, 2.24) is 5.32 Å². The number of rotatable bonds is 6. The molecule has 19 heavy (non-hydrogen) atoms. The lowest BCUT2D eigenvalue weighted by atomic mass is 9.88. The highest BCUT2D eigenvalue weighted by Gasteiger charge is 2.18. The maximum Gasteiger partial charge on any atom is 0.119 e. The van der Waals surface area contributed by atoms with E-state index in [1.807, 2.05) is 0 Å². The highest BCUT2D eigenvalue weighted by atomic mass is 16.5. The summed E-state index contributed by atoms with van der Waals surface area (Å²) in [5, 5.41) is 3.71. The molecular weight excluding hydrogens is 234 g/mol. The molecule has 0 saturated heterocycles. The topological polar surface area (TPSA) is 21.3 Å². The van der Waals surface area contributed by atoms with E-state index in [0.717, 1.165) is 24.6 Å². The third-order valence-corrected chi connectivity index (χ3v) is 4.03. The first kappa shape index (κ1) is 14.4. The Bertz CT molecular complexity index is 400. The largest absolute Gasteiger partial charge is 0.497 e. The second-order valence-electron chi connectivity index (χ2n) is 6.06. The quantitative estimate of drug-likeness (QED) is 0.790. The molecule has 0 aromatic heterocycles. The standard InChI is InChI=1S/C17H27NO/c1-13(2)5-4-10-18-16-8-6-14-7-9-17(19-3)12-15(14)11-16/h7,9,12-13,16,18H,4-6,8,10-11H2,1-3H3. The Labute approximate surface area is 117 Å². The smallest absolute Gasteiger partial charge is 0.119 e. The molecule has 0 spiro atoms. The number of methoxy groups -OCH3 is 1. The Hall–Kier alpha value is -1.02. The molecule has 0 radical (unpaired) electrons. The predicted molar refractivity (Wildman–Crippen MR) is 80.9 cm³/mol. The zero-order valence-corrected chi connectivity index (χ0v) is 12.5. The second kappa shape index (κ2) is 6.95. The SMILES string of the molecule is COc1ccc2c(c1)CC(NCCCC(C)C)CC2. The number of hydrogen-bond acceptors (Lipinski definition) is 2. The van der Waals surface area contributed by atoms with Gasteiger partial charge in [-0.05, 0) is 67.8 Å². The van der Waals surface area contributed by atoms with Crippen molar-refractivity contribution in [3.8, 4) is 5.75 Å². The molecule has 1 atom stereocenters. The number of nitrogens with one attached hydrogen (secondary N) is 1. The van der Waals surface area contributed by atoms with Crippen LogP contribution in [0, 0.1) is 5.92 Å². The predicted octanol–water partition coefficient (Wildman–Crippen LogP) is 3.58. The van der Waals surface area contributed by atoms with Crippen LogP contribution in [-0.2, 0) is 12.8 Å². The fraction of sp³-hybridized carbons (Fsp3) is 0.647. The van der Waals surface area contributed by atoms with E-state index >= 15 is 0 Å². The van der Waals surface area contributed by atoms with Gasteiger partial charge in [0.05, 0.1) is 7.11 Å². The van der Waals surface area contributed by atoms with Gasteiger partial charge in [0.2, 0.25) is 0 Å². The van der Waals surface area contributed by atoms with E-state index in [4.69, 9.17) is 4.74 Å². The minimum Gasteiger partial charge on any atom is -0.497 e. The van der Waals surface area contributed by atoms with Crippen LogP contribution in [0.5, 0.6) is 5.75 Å². The maximum atomic E-state index is 5.32. The Morgan fingerprint density at radius 2 is 2.16 bits per heavy atom. The summed E-state index contributed by atoms with van der Waals surface area (Å²) < 4.78 is 5.32. The summed E-state index contributed by atoms with van der Waals surface area (Å²) in [6.45, 7) is 5.74. The van der Waals surface area contributed by atoms with Crippen molar-refractivity contribution < 1.29 is 4.74 Å². The monoisotopic (exact) mass is 261 g/mol. The highest BCUT2D eigenvalue weighted by molar-refractivity contribution is 5.37. The first-order chi connectivity index (χ1) is 9.19. The molecule has 1 aliphatic rings. The molecule has 1 unspecified atom stereocenters. The Morgan fingerprint density at radius 3 is 2.89 bits per heavy atom. The molecule has 1 aliphatic carbocycles. The molecule has 1 aromatic rings. The number of aryl methyl sites for hydroxylation is 1. The van der Waals surface area contributed by atoms with Crippen molar-refractivity contribution in [3.05, 3.63) is 29.3 Å². The Kier molecular flexibility index (Phi) is 5.26. The lowest BCUT2D eigenvalue weighted by molar-refractivity contribution is 0.409. The van der Waals surface area contributed by atoms with Crippen molar-refractivity contribution in [3.63, 3.8) is 0 Å². The summed E-state index contributed by atoms with van der Waals surface area (Å²) in [4.78, 5) is 0. The molecule has 2 heteroatoms. The van der Waals surface area contributed by atoms with E-state index in [2.05, 4.69) is 37.4 Å². The van der Waals surface area contributed by atoms with E-state index in [1.54, 1.807) is 7.11 Å². The maximum absolute atomic E-state index is 5.32. The van der Waals surface area contributed by atoms with E-state index in [-0.39, 0.29) is 0 Å². The van der Waals surface area contributed by atoms with Gasteiger partial charge in [-0.1, -0.05) is 19.9 Å². The summed E-state index contributed by atoms with van der Waals surface area (Å²) >= 11 is 0. The third-order valence-electron chi connectivity index (χ3n) is 4.03. The third kappa shape index (κ3) is 4.24. The Balaban J connectivity index is 1.83. The van der Waals surface area contributed by atoms with Crippen LogP contribution in [0.1, 0.15) is 44.2 Å². The first-order valence-electron chi connectivity index (χ1n) is 7.58. The summed E-state index contributed by atoms with van der Waals surface area (Å²) in [7, 11) is 1.74. The summed E-state index contributed by atoms with van der Waals surface area (Å²) in [6, 6.07) is 7.15. The van der Waals surface area contributed by atoms with Crippen molar-refractivity contribution >= 4 is 0 Å². The van der Waals surface area contributed by atoms with Gasteiger partial charge in [0, 0.05) is 6.04 Å². The van der Waals surface area contributed by atoms with Crippen LogP contribution in [-0.4, -0.2) is 19.7 Å². The van der Waals surface area contributed by atoms with E-state index < -0.39 is 0 Å². The van der Waals surface area contributed by atoms with Gasteiger partial charge in [-0.25, -0.2) is 0 Å². The average Bonchev–Trinajstić information content (AvgIpc) is 2.42. The molecule has 0 amide bonds. The summed E-state index contributed by atoms with van der Waals surface area (Å²) in [5.41, 5.74) is 2.97. The molecule has 1 aromatic carbocycles. The van der Waals surface area contributed by atoms with Crippen LogP contribution in [0.2, 0.25) is 0 Å². The van der Waals surface area contributed by atoms with Crippen molar-refractivity contribution in [2.75, 3.05) is 13.7 Å². The van der Waals surface area contributed by atoms with Gasteiger partial charge < -0.3 is 10.1 Å². The van der Waals surface area contributed by atoms with Gasteiger partial charge in [-0.2, -0.15) is 0 Å². The van der Waals surface area contributed by atoms with Crippen LogP contribution in [0.3, 0.4) is 0 Å². The van der Waals surface area contributed by atoms with Crippen LogP contribution in [0.15, 0.2) is 18.2 Å².